The molecular weight excluding hydrogens is 364 g/mol. The number of nitrogens with one attached hydrogen (secondary N) is 1. The lowest BCUT2D eigenvalue weighted by atomic mass is 9.95. The fourth-order valence-corrected chi connectivity index (χ4v) is 5.03. The van der Waals surface area contributed by atoms with Crippen LogP contribution in [0.25, 0.3) is 0 Å². The number of rotatable bonds is 2. The summed E-state index contributed by atoms with van der Waals surface area (Å²) in [5.74, 6) is 1.20. The first kappa shape index (κ1) is 18.7. The molecule has 1 unspecified atom stereocenters. The second-order valence-corrected chi connectivity index (χ2v) is 8.87. The summed E-state index contributed by atoms with van der Waals surface area (Å²) < 4.78 is 0. The minimum absolute atomic E-state index is 0.0775. The van der Waals surface area contributed by atoms with Crippen molar-refractivity contribution < 1.29 is 4.79 Å². The van der Waals surface area contributed by atoms with E-state index in [1.54, 1.807) is 0 Å². The first-order chi connectivity index (χ1) is 14.2. The number of carbonyl (C=O) groups excluding carboxylic acids is 1. The van der Waals surface area contributed by atoms with Crippen molar-refractivity contribution in [2.75, 3.05) is 26.7 Å². The van der Waals surface area contributed by atoms with E-state index in [-0.39, 0.29) is 11.8 Å². The van der Waals surface area contributed by atoms with Gasteiger partial charge in [0.1, 0.15) is 5.82 Å². The Morgan fingerprint density at radius 3 is 2.97 bits per heavy atom. The molecule has 1 fully saturated rings. The topological polar surface area (TPSA) is 78.0 Å². The van der Waals surface area contributed by atoms with E-state index >= 15 is 0 Å². The summed E-state index contributed by atoms with van der Waals surface area (Å²) in [4.78, 5) is 27.2. The number of carbonyl (C=O) groups is 1. The lowest BCUT2D eigenvalue weighted by Crippen LogP contribution is -2.40. The SMILES string of the molecule is CN1CCc2nc(C3CCCN(C(=O)c4n[nH]c5c4CCCCC5)C3)ncc2C1. The summed E-state index contributed by atoms with van der Waals surface area (Å²) in [6, 6.07) is 0. The minimum atomic E-state index is 0.0775. The Kier molecular flexibility index (Phi) is 5.08. The lowest BCUT2D eigenvalue weighted by molar-refractivity contribution is 0.0697. The molecule has 154 valence electrons. The van der Waals surface area contributed by atoms with Gasteiger partial charge >= 0.3 is 0 Å². The monoisotopic (exact) mass is 394 g/mol. The molecule has 7 heteroatoms. The van der Waals surface area contributed by atoms with E-state index in [1.165, 1.54) is 29.8 Å². The number of aromatic amines is 1. The fourth-order valence-electron chi connectivity index (χ4n) is 5.03. The van der Waals surface area contributed by atoms with Gasteiger partial charge in [-0.05, 0) is 45.6 Å². The third kappa shape index (κ3) is 3.68. The minimum Gasteiger partial charge on any atom is -0.337 e. The number of nitrogens with zero attached hydrogens (tertiary/aromatic N) is 5. The number of piperidine rings is 1. The van der Waals surface area contributed by atoms with Crippen molar-refractivity contribution >= 4 is 5.91 Å². The van der Waals surface area contributed by atoms with Crippen molar-refractivity contribution in [3.05, 3.63) is 40.2 Å². The molecule has 4 heterocycles. The van der Waals surface area contributed by atoms with Crippen LogP contribution in [0.4, 0.5) is 0 Å². The lowest BCUT2D eigenvalue weighted by Gasteiger charge is -2.32. The van der Waals surface area contributed by atoms with Crippen LogP contribution in [0.2, 0.25) is 0 Å². The Morgan fingerprint density at radius 1 is 1.14 bits per heavy atom. The van der Waals surface area contributed by atoms with Crippen LogP contribution in [0.5, 0.6) is 0 Å². The molecule has 0 aromatic carbocycles. The summed E-state index contributed by atoms with van der Waals surface area (Å²) in [5, 5.41) is 7.57. The van der Waals surface area contributed by atoms with Gasteiger partial charge in [-0.1, -0.05) is 6.42 Å². The molecule has 0 saturated carbocycles. The first-order valence-electron chi connectivity index (χ1n) is 11.1. The number of hydrogen-bond acceptors (Lipinski definition) is 5. The average Bonchev–Trinajstić information content (AvgIpc) is 3.01. The highest BCUT2D eigenvalue weighted by atomic mass is 16.2. The van der Waals surface area contributed by atoms with Crippen molar-refractivity contribution in [2.24, 2.45) is 0 Å². The van der Waals surface area contributed by atoms with Gasteiger partial charge in [-0.15, -0.1) is 0 Å². The number of hydrogen-bond donors (Lipinski definition) is 1. The van der Waals surface area contributed by atoms with E-state index in [9.17, 15) is 4.79 Å². The van der Waals surface area contributed by atoms with Gasteiger partial charge < -0.3 is 9.80 Å². The Bertz CT molecular complexity index is 907. The van der Waals surface area contributed by atoms with Gasteiger partial charge in [0.15, 0.2) is 5.69 Å². The Balaban J connectivity index is 1.33. The zero-order valence-electron chi connectivity index (χ0n) is 17.3. The molecule has 2 aromatic heterocycles. The van der Waals surface area contributed by atoms with Crippen molar-refractivity contribution in [1.29, 1.82) is 0 Å². The van der Waals surface area contributed by atoms with E-state index in [4.69, 9.17) is 9.97 Å². The van der Waals surface area contributed by atoms with Crippen LogP contribution in [0.1, 0.15) is 76.8 Å². The van der Waals surface area contributed by atoms with Crippen molar-refractivity contribution in [2.45, 2.75) is 63.8 Å². The van der Waals surface area contributed by atoms with E-state index in [0.717, 1.165) is 69.5 Å². The third-order valence-electron chi connectivity index (χ3n) is 6.73. The average molecular weight is 395 g/mol. The number of aromatic nitrogens is 4. The van der Waals surface area contributed by atoms with Crippen molar-refractivity contribution in [3.63, 3.8) is 0 Å². The number of likely N-dealkylation sites (N-methyl/N-ethyl adjacent to an activating group) is 1. The van der Waals surface area contributed by atoms with Crippen LogP contribution < -0.4 is 0 Å². The maximum Gasteiger partial charge on any atom is 0.274 e. The second kappa shape index (κ2) is 7.86. The molecule has 1 N–H and O–H groups in total. The van der Waals surface area contributed by atoms with Gasteiger partial charge in [0.2, 0.25) is 0 Å². The summed E-state index contributed by atoms with van der Waals surface area (Å²) in [7, 11) is 2.14. The first-order valence-corrected chi connectivity index (χ1v) is 11.1. The van der Waals surface area contributed by atoms with E-state index < -0.39 is 0 Å². The third-order valence-corrected chi connectivity index (χ3v) is 6.73. The molecule has 29 heavy (non-hydrogen) atoms. The Labute approximate surface area is 171 Å². The molecule has 5 rings (SSSR count). The van der Waals surface area contributed by atoms with Crippen LogP contribution in [0.3, 0.4) is 0 Å². The molecule has 0 spiro atoms. The maximum absolute atomic E-state index is 13.3. The van der Waals surface area contributed by atoms with Gasteiger partial charge in [-0.2, -0.15) is 5.10 Å². The zero-order valence-corrected chi connectivity index (χ0v) is 17.3. The molecule has 0 radical (unpaired) electrons. The summed E-state index contributed by atoms with van der Waals surface area (Å²) in [6.45, 7) is 3.46. The number of fused-ring (bicyclic) bond motifs is 2. The highest BCUT2D eigenvalue weighted by Crippen LogP contribution is 2.28. The van der Waals surface area contributed by atoms with Gasteiger partial charge in [-0.3, -0.25) is 9.89 Å². The largest absolute Gasteiger partial charge is 0.337 e. The standard InChI is InChI=1S/C22H30N6O/c1-27-11-9-18-16(13-27)12-23-21(24-18)15-6-5-10-28(14-15)22(29)20-17-7-3-2-4-8-19(17)25-26-20/h12,15H,2-11,13-14H2,1H3,(H,25,26). The molecule has 2 aromatic rings. The predicted octanol–water partition coefficient (Wildman–Crippen LogP) is 2.48. The van der Waals surface area contributed by atoms with Crippen molar-refractivity contribution in [1.82, 2.24) is 30.0 Å². The summed E-state index contributed by atoms with van der Waals surface area (Å²) in [6.07, 6.45) is 10.6. The summed E-state index contributed by atoms with van der Waals surface area (Å²) >= 11 is 0. The quantitative estimate of drug-likeness (QED) is 0.792. The van der Waals surface area contributed by atoms with Crippen LogP contribution in [-0.4, -0.2) is 62.6 Å². The molecule has 1 atom stereocenters. The van der Waals surface area contributed by atoms with Gasteiger partial charge in [0.25, 0.3) is 5.91 Å². The van der Waals surface area contributed by atoms with Crippen LogP contribution in [0.15, 0.2) is 6.20 Å². The zero-order chi connectivity index (χ0) is 19.8. The molecule has 7 nitrogen and oxygen atoms in total. The Hall–Kier alpha value is -2.28. The number of likely N-dealkylation sites (tertiary alicyclic amines) is 1. The van der Waals surface area contributed by atoms with Gasteiger partial charge in [0, 0.05) is 67.2 Å². The fraction of sp³-hybridized carbons (Fsp3) is 0.636. The van der Waals surface area contributed by atoms with Crippen LogP contribution in [0, 0.1) is 0 Å². The highest BCUT2D eigenvalue weighted by molar-refractivity contribution is 5.94. The molecule has 1 amide bonds. The Morgan fingerprint density at radius 2 is 2.03 bits per heavy atom. The molecular formula is C22H30N6O. The van der Waals surface area contributed by atoms with Crippen LogP contribution >= 0.6 is 0 Å². The summed E-state index contributed by atoms with van der Waals surface area (Å²) in [5.41, 5.74) is 5.41. The molecule has 1 aliphatic carbocycles. The maximum atomic E-state index is 13.3. The van der Waals surface area contributed by atoms with E-state index in [2.05, 4.69) is 22.1 Å². The highest BCUT2D eigenvalue weighted by Gasteiger charge is 2.31. The smallest absolute Gasteiger partial charge is 0.274 e. The second-order valence-electron chi connectivity index (χ2n) is 8.87. The number of aryl methyl sites for hydroxylation is 1. The van der Waals surface area contributed by atoms with Gasteiger partial charge in [0.05, 0.1) is 0 Å². The molecule has 0 bridgehead atoms. The van der Waals surface area contributed by atoms with Gasteiger partial charge in [-0.25, -0.2) is 9.97 Å². The number of H-pyrrole nitrogens is 1. The molecule has 2 aliphatic heterocycles. The number of amides is 1. The van der Waals surface area contributed by atoms with E-state index in [0.29, 0.717) is 12.2 Å². The molecule has 1 saturated heterocycles. The van der Waals surface area contributed by atoms with Crippen molar-refractivity contribution in [3.8, 4) is 0 Å². The predicted molar refractivity (Wildman–Crippen MR) is 110 cm³/mol. The van der Waals surface area contributed by atoms with Crippen LogP contribution in [-0.2, 0) is 25.8 Å². The molecule has 3 aliphatic rings. The van der Waals surface area contributed by atoms with E-state index in [1.807, 2.05) is 11.1 Å². The normalized spacial score (nSPS) is 22.7.